The Kier molecular flexibility index (Phi) is 3.36. The fourth-order valence-electron chi connectivity index (χ4n) is 2.49. The molecule has 1 heterocycles. The maximum absolute atomic E-state index is 12.3. The van der Waals surface area contributed by atoms with E-state index in [1.165, 1.54) is 4.90 Å². The summed E-state index contributed by atoms with van der Waals surface area (Å²) in [5.41, 5.74) is 1.64. The number of nitrogens with zero attached hydrogens (tertiary/aromatic N) is 1. The molecule has 0 fully saturated rings. The lowest BCUT2D eigenvalue weighted by atomic mass is 9.94. The van der Waals surface area contributed by atoms with Gasteiger partial charge < -0.3 is 10.0 Å². The fourth-order valence-corrected chi connectivity index (χ4v) is 2.49. The quantitative estimate of drug-likeness (QED) is 0.886. The van der Waals surface area contributed by atoms with Crippen LogP contribution in [0, 0.1) is 5.92 Å². The topological polar surface area (TPSA) is 57.6 Å². The molecule has 1 N–H and O–H groups in total. The van der Waals surface area contributed by atoms with Gasteiger partial charge in [-0.3, -0.25) is 4.79 Å². The van der Waals surface area contributed by atoms with Crippen molar-refractivity contribution >= 4 is 11.9 Å². The van der Waals surface area contributed by atoms with Crippen LogP contribution in [0.25, 0.3) is 0 Å². The van der Waals surface area contributed by atoms with Crippen molar-refractivity contribution in [2.45, 2.75) is 26.3 Å². The van der Waals surface area contributed by atoms with Crippen LogP contribution in [0.4, 0.5) is 0 Å². The Bertz CT molecular complexity index is 482. The molecule has 1 atom stereocenters. The van der Waals surface area contributed by atoms with Crippen molar-refractivity contribution in [2.75, 3.05) is 6.54 Å². The number of fused-ring (bicyclic) bond motifs is 1. The fraction of sp³-hybridized carbons (Fsp3) is 0.429. The molecule has 1 unspecified atom stereocenters. The van der Waals surface area contributed by atoms with E-state index in [4.69, 9.17) is 0 Å². The zero-order valence-electron chi connectivity index (χ0n) is 10.6. The molecule has 0 saturated heterocycles. The SMILES string of the molecule is CC(C)C(C(=O)O)N1CCc2ccccc2C1=O. The summed E-state index contributed by atoms with van der Waals surface area (Å²) in [5, 5.41) is 9.27. The monoisotopic (exact) mass is 247 g/mol. The van der Waals surface area contributed by atoms with Crippen LogP contribution in [-0.2, 0) is 11.2 Å². The van der Waals surface area contributed by atoms with Crippen molar-refractivity contribution < 1.29 is 14.7 Å². The largest absolute Gasteiger partial charge is 0.480 e. The normalized spacial score (nSPS) is 16.6. The Balaban J connectivity index is 2.34. The average Bonchev–Trinajstić information content (AvgIpc) is 2.32. The first kappa shape index (κ1) is 12.6. The molecule has 1 aromatic rings. The highest BCUT2D eigenvalue weighted by atomic mass is 16.4. The molecule has 1 aromatic carbocycles. The number of benzene rings is 1. The lowest BCUT2D eigenvalue weighted by Gasteiger charge is -2.35. The van der Waals surface area contributed by atoms with Gasteiger partial charge in [0.25, 0.3) is 5.91 Å². The first-order chi connectivity index (χ1) is 8.52. The van der Waals surface area contributed by atoms with Crippen LogP contribution in [-0.4, -0.2) is 34.5 Å². The maximum Gasteiger partial charge on any atom is 0.326 e. The summed E-state index contributed by atoms with van der Waals surface area (Å²) in [7, 11) is 0. The summed E-state index contributed by atoms with van der Waals surface area (Å²) in [6.45, 7) is 4.13. The van der Waals surface area contributed by atoms with E-state index >= 15 is 0 Å². The number of carbonyl (C=O) groups excluding carboxylic acids is 1. The number of carbonyl (C=O) groups is 2. The van der Waals surface area contributed by atoms with Gasteiger partial charge in [0.15, 0.2) is 0 Å². The van der Waals surface area contributed by atoms with Crippen molar-refractivity contribution in [3.8, 4) is 0 Å². The minimum atomic E-state index is -0.933. The minimum Gasteiger partial charge on any atom is -0.480 e. The molecule has 0 bridgehead atoms. The van der Waals surface area contributed by atoms with Gasteiger partial charge in [0.1, 0.15) is 6.04 Å². The van der Waals surface area contributed by atoms with E-state index in [0.29, 0.717) is 12.1 Å². The predicted molar refractivity (Wildman–Crippen MR) is 67.4 cm³/mol. The van der Waals surface area contributed by atoms with E-state index in [0.717, 1.165) is 12.0 Å². The van der Waals surface area contributed by atoms with Gasteiger partial charge in [0.2, 0.25) is 0 Å². The third-order valence-electron chi connectivity index (χ3n) is 3.35. The van der Waals surface area contributed by atoms with Gasteiger partial charge in [-0.2, -0.15) is 0 Å². The molecule has 18 heavy (non-hydrogen) atoms. The first-order valence-corrected chi connectivity index (χ1v) is 6.14. The molecule has 1 aliphatic heterocycles. The van der Waals surface area contributed by atoms with Crippen LogP contribution in [0.5, 0.6) is 0 Å². The average molecular weight is 247 g/mol. The number of hydrogen-bond donors (Lipinski definition) is 1. The molecule has 96 valence electrons. The third-order valence-corrected chi connectivity index (χ3v) is 3.35. The third kappa shape index (κ3) is 2.10. The molecule has 0 aromatic heterocycles. The van der Waals surface area contributed by atoms with Crippen LogP contribution in [0.15, 0.2) is 24.3 Å². The summed E-state index contributed by atoms with van der Waals surface area (Å²) < 4.78 is 0. The predicted octanol–water partition coefficient (Wildman–Crippen LogP) is 1.79. The Labute approximate surface area is 106 Å². The lowest BCUT2D eigenvalue weighted by Crippen LogP contribution is -2.50. The van der Waals surface area contributed by atoms with Crippen molar-refractivity contribution in [1.29, 1.82) is 0 Å². The molecule has 1 amide bonds. The summed E-state index contributed by atoms with van der Waals surface area (Å²) >= 11 is 0. The van der Waals surface area contributed by atoms with Crippen LogP contribution in [0.2, 0.25) is 0 Å². The number of carboxylic acids is 1. The van der Waals surface area contributed by atoms with E-state index < -0.39 is 12.0 Å². The van der Waals surface area contributed by atoms with Gasteiger partial charge >= 0.3 is 5.97 Å². The smallest absolute Gasteiger partial charge is 0.326 e. The molecule has 0 radical (unpaired) electrons. The van der Waals surface area contributed by atoms with E-state index in [-0.39, 0.29) is 11.8 Å². The highest BCUT2D eigenvalue weighted by Gasteiger charge is 2.35. The summed E-state index contributed by atoms with van der Waals surface area (Å²) in [4.78, 5) is 25.1. The van der Waals surface area contributed by atoms with Crippen molar-refractivity contribution in [3.05, 3.63) is 35.4 Å². The Morgan fingerprint density at radius 3 is 2.61 bits per heavy atom. The Morgan fingerprint density at radius 2 is 2.00 bits per heavy atom. The molecule has 4 nitrogen and oxygen atoms in total. The minimum absolute atomic E-state index is 0.100. The molecule has 1 aliphatic rings. The molecule has 2 rings (SSSR count). The Hall–Kier alpha value is -1.84. The van der Waals surface area contributed by atoms with E-state index in [2.05, 4.69) is 0 Å². The van der Waals surface area contributed by atoms with Gasteiger partial charge in [-0.1, -0.05) is 32.0 Å². The Morgan fingerprint density at radius 1 is 1.33 bits per heavy atom. The first-order valence-electron chi connectivity index (χ1n) is 6.14. The molecule has 0 saturated carbocycles. The van der Waals surface area contributed by atoms with Crippen molar-refractivity contribution in [2.24, 2.45) is 5.92 Å². The number of hydrogen-bond acceptors (Lipinski definition) is 2. The zero-order chi connectivity index (χ0) is 13.3. The van der Waals surface area contributed by atoms with E-state index in [1.54, 1.807) is 6.07 Å². The van der Waals surface area contributed by atoms with Gasteiger partial charge in [-0.15, -0.1) is 0 Å². The maximum atomic E-state index is 12.3. The van der Waals surface area contributed by atoms with Gasteiger partial charge in [-0.05, 0) is 24.0 Å². The van der Waals surface area contributed by atoms with E-state index in [1.807, 2.05) is 32.0 Å². The molecular weight excluding hydrogens is 230 g/mol. The number of rotatable bonds is 3. The second kappa shape index (κ2) is 4.80. The highest BCUT2D eigenvalue weighted by molar-refractivity contribution is 5.98. The second-order valence-electron chi connectivity index (χ2n) is 4.93. The van der Waals surface area contributed by atoms with Crippen molar-refractivity contribution in [1.82, 2.24) is 4.90 Å². The van der Waals surface area contributed by atoms with Gasteiger partial charge in [0.05, 0.1) is 0 Å². The lowest BCUT2D eigenvalue weighted by molar-refractivity contribution is -0.144. The molecule has 4 heteroatoms. The summed E-state index contributed by atoms with van der Waals surface area (Å²) in [5.74, 6) is -1.20. The van der Waals surface area contributed by atoms with Gasteiger partial charge in [-0.25, -0.2) is 4.79 Å². The summed E-state index contributed by atoms with van der Waals surface area (Å²) in [6.07, 6.45) is 0.721. The standard InChI is InChI=1S/C14H17NO3/c1-9(2)12(14(17)18)15-8-7-10-5-3-4-6-11(10)13(15)16/h3-6,9,12H,7-8H2,1-2H3,(H,17,18). The summed E-state index contributed by atoms with van der Waals surface area (Å²) in [6, 6.07) is 6.66. The molecular formula is C14H17NO3. The van der Waals surface area contributed by atoms with E-state index in [9.17, 15) is 14.7 Å². The van der Waals surface area contributed by atoms with Crippen LogP contribution < -0.4 is 0 Å². The number of amides is 1. The second-order valence-corrected chi connectivity index (χ2v) is 4.93. The van der Waals surface area contributed by atoms with Crippen molar-refractivity contribution in [3.63, 3.8) is 0 Å². The number of aliphatic carboxylic acids is 1. The zero-order valence-corrected chi connectivity index (χ0v) is 10.6. The molecule has 0 aliphatic carbocycles. The van der Waals surface area contributed by atoms with Crippen LogP contribution in [0.1, 0.15) is 29.8 Å². The number of carboxylic acid groups (broad SMARTS) is 1. The van der Waals surface area contributed by atoms with Crippen LogP contribution in [0.3, 0.4) is 0 Å². The molecule has 0 spiro atoms. The van der Waals surface area contributed by atoms with Gasteiger partial charge in [0, 0.05) is 12.1 Å². The van der Waals surface area contributed by atoms with Crippen LogP contribution >= 0.6 is 0 Å². The highest BCUT2D eigenvalue weighted by Crippen LogP contribution is 2.23.